The largest absolute Gasteiger partial charge is 0.482 e. The molecular formula is C17H26N2O2. The lowest BCUT2D eigenvalue weighted by atomic mass is 10.0. The Morgan fingerprint density at radius 2 is 2.10 bits per heavy atom. The highest BCUT2D eigenvalue weighted by atomic mass is 16.5. The molecule has 0 aromatic heterocycles. The summed E-state index contributed by atoms with van der Waals surface area (Å²) < 4.78 is 5.37. The minimum Gasteiger partial charge on any atom is -0.482 e. The first-order valence-electron chi connectivity index (χ1n) is 7.86. The number of carbonyl (C=O) groups excluding carboxylic acids is 1. The average molecular weight is 290 g/mol. The van der Waals surface area contributed by atoms with E-state index in [0.29, 0.717) is 0 Å². The molecule has 1 aliphatic rings. The van der Waals surface area contributed by atoms with E-state index in [-0.39, 0.29) is 18.6 Å². The lowest BCUT2D eigenvalue weighted by Gasteiger charge is -2.21. The molecule has 1 atom stereocenters. The molecule has 1 unspecified atom stereocenters. The van der Waals surface area contributed by atoms with E-state index in [4.69, 9.17) is 4.74 Å². The number of amides is 1. The van der Waals surface area contributed by atoms with Gasteiger partial charge >= 0.3 is 0 Å². The minimum absolute atomic E-state index is 0.0889. The highest BCUT2D eigenvalue weighted by Crippen LogP contribution is 2.30. The van der Waals surface area contributed by atoms with Gasteiger partial charge in [-0.3, -0.25) is 4.79 Å². The summed E-state index contributed by atoms with van der Waals surface area (Å²) in [6.07, 6.45) is 3.76. The SMILES string of the molecule is CC(C)CCCCNC(C)c1ccc2c(c1)NC(=O)CO2. The van der Waals surface area contributed by atoms with E-state index in [1.165, 1.54) is 24.8 Å². The number of anilines is 1. The molecule has 0 aliphatic carbocycles. The van der Waals surface area contributed by atoms with Gasteiger partial charge in [-0.1, -0.05) is 32.8 Å². The van der Waals surface area contributed by atoms with E-state index in [2.05, 4.69) is 37.5 Å². The summed E-state index contributed by atoms with van der Waals surface area (Å²) in [5.74, 6) is 1.45. The first-order valence-corrected chi connectivity index (χ1v) is 7.86. The molecule has 0 fully saturated rings. The van der Waals surface area contributed by atoms with Crippen molar-refractivity contribution in [2.75, 3.05) is 18.5 Å². The van der Waals surface area contributed by atoms with Crippen LogP contribution >= 0.6 is 0 Å². The molecule has 0 saturated heterocycles. The van der Waals surface area contributed by atoms with Crippen molar-refractivity contribution < 1.29 is 9.53 Å². The molecule has 0 bridgehead atoms. The van der Waals surface area contributed by atoms with Crippen molar-refractivity contribution in [3.8, 4) is 5.75 Å². The molecular weight excluding hydrogens is 264 g/mol. The van der Waals surface area contributed by atoms with Crippen LogP contribution in [0.3, 0.4) is 0 Å². The third-order valence-corrected chi connectivity index (χ3v) is 3.80. The molecule has 2 rings (SSSR count). The molecule has 0 radical (unpaired) electrons. The monoisotopic (exact) mass is 290 g/mol. The van der Waals surface area contributed by atoms with Crippen molar-refractivity contribution >= 4 is 11.6 Å². The van der Waals surface area contributed by atoms with Crippen molar-refractivity contribution in [3.63, 3.8) is 0 Å². The van der Waals surface area contributed by atoms with Gasteiger partial charge in [0.15, 0.2) is 6.61 Å². The van der Waals surface area contributed by atoms with Gasteiger partial charge in [-0.25, -0.2) is 0 Å². The van der Waals surface area contributed by atoms with Gasteiger partial charge in [0.2, 0.25) is 0 Å². The van der Waals surface area contributed by atoms with E-state index in [0.717, 1.165) is 23.9 Å². The van der Waals surface area contributed by atoms with Crippen LogP contribution in [0.1, 0.15) is 51.6 Å². The first kappa shape index (κ1) is 15.8. The van der Waals surface area contributed by atoms with Crippen molar-refractivity contribution in [2.24, 2.45) is 5.92 Å². The molecule has 1 aliphatic heterocycles. The highest BCUT2D eigenvalue weighted by Gasteiger charge is 2.17. The van der Waals surface area contributed by atoms with Crippen molar-refractivity contribution in [3.05, 3.63) is 23.8 Å². The predicted molar refractivity (Wildman–Crippen MR) is 85.7 cm³/mol. The normalized spacial score (nSPS) is 15.3. The van der Waals surface area contributed by atoms with Crippen LogP contribution in [0.25, 0.3) is 0 Å². The third-order valence-electron chi connectivity index (χ3n) is 3.80. The quantitative estimate of drug-likeness (QED) is 0.756. The molecule has 0 spiro atoms. The van der Waals surface area contributed by atoms with Crippen LogP contribution in [0, 0.1) is 5.92 Å². The van der Waals surface area contributed by atoms with Gasteiger partial charge in [-0.15, -0.1) is 0 Å². The van der Waals surface area contributed by atoms with Gasteiger partial charge in [-0.2, -0.15) is 0 Å². The molecule has 4 nitrogen and oxygen atoms in total. The fourth-order valence-electron chi connectivity index (χ4n) is 2.48. The molecule has 1 amide bonds. The Morgan fingerprint density at radius 1 is 1.29 bits per heavy atom. The van der Waals surface area contributed by atoms with E-state index in [9.17, 15) is 4.79 Å². The van der Waals surface area contributed by atoms with Crippen LogP contribution < -0.4 is 15.4 Å². The predicted octanol–water partition coefficient (Wildman–Crippen LogP) is 3.49. The molecule has 1 heterocycles. The van der Waals surface area contributed by atoms with Crippen LogP contribution in [0.5, 0.6) is 5.75 Å². The lowest BCUT2D eigenvalue weighted by Crippen LogP contribution is -2.26. The fourth-order valence-corrected chi connectivity index (χ4v) is 2.48. The van der Waals surface area contributed by atoms with Crippen LogP contribution in [0.15, 0.2) is 18.2 Å². The third kappa shape index (κ3) is 4.74. The molecule has 0 saturated carbocycles. The standard InChI is InChI=1S/C17H26N2O2/c1-12(2)6-4-5-9-18-13(3)14-7-8-16-15(10-14)19-17(20)11-21-16/h7-8,10,12-13,18H,4-6,9,11H2,1-3H3,(H,19,20). The van der Waals surface area contributed by atoms with Gasteiger partial charge in [0.05, 0.1) is 5.69 Å². The molecule has 2 N–H and O–H groups in total. The number of rotatable bonds is 7. The second kappa shape index (κ2) is 7.46. The van der Waals surface area contributed by atoms with Crippen LogP contribution in [-0.2, 0) is 4.79 Å². The maximum atomic E-state index is 11.4. The van der Waals surface area contributed by atoms with Gasteiger partial charge in [0.25, 0.3) is 5.91 Å². The number of unbranched alkanes of at least 4 members (excludes halogenated alkanes) is 1. The Bertz CT molecular complexity index is 486. The first-order chi connectivity index (χ1) is 10.1. The van der Waals surface area contributed by atoms with Gasteiger partial charge in [0.1, 0.15) is 5.75 Å². The minimum atomic E-state index is -0.0889. The number of hydrogen-bond donors (Lipinski definition) is 2. The Kier molecular flexibility index (Phi) is 5.62. The zero-order chi connectivity index (χ0) is 15.2. The molecule has 21 heavy (non-hydrogen) atoms. The number of nitrogens with one attached hydrogen (secondary N) is 2. The number of hydrogen-bond acceptors (Lipinski definition) is 3. The van der Waals surface area contributed by atoms with Crippen LogP contribution in [0.4, 0.5) is 5.69 Å². The van der Waals surface area contributed by atoms with E-state index in [1.807, 2.05) is 12.1 Å². The summed E-state index contributed by atoms with van der Waals surface area (Å²) in [6.45, 7) is 7.80. The summed E-state index contributed by atoms with van der Waals surface area (Å²) >= 11 is 0. The fraction of sp³-hybridized carbons (Fsp3) is 0.588. The summed E-state index contributed by atoms with van der Waals surface area (Å²) in [4.78, 5) is 11.4. The Balaban J connectivity index is 1.84. The van der Waals surface area contributed by atoms with Gasteiger partial charge in [-0.05, 0) is 43.5 Å². The Labute approximate surface area is 127 Å². The smallest absolute Gasteiger partial charge is 0.262 e. The summed E-state index contributed by atoms with van der Waals surface area (Å²) in [5.41, 5.74) is 1.95. The average Bonchev–Trinajstić information content (AvgIpc) is 2.45. The summed E-state index contributed by atoms with van der Waals surface area (Å²) in [6, 6.07) is 6.26. The second-order valence-electron chi connectivity index (χ2n) is 6.16. The van der Waals surface area contributed by atoms with Crippen molar-refractivity contribution in [1.29, 1.82) is 0 Å². The van der Waals surface area contributed by atoms with Gasteiger partial charge in [0, 0.05) is 6.04 Å². The number of carbonyl (C=O) groups is 1. The zero-order valence-electron chi connectivity index (χ0n) is 13.2. The number of fused-ring (bicyclic) bond motifs is 1. The maximum absolute atomic E-state index is 11.4. The Hall–Kier alpha value is -1.55. The highest BCUT2D eigenvalue weighted by molar-refractivity contribution is 5.95. The molecule has 4 heteroatoms. The van der Waals surface area contributed by atoms with E-state index < -0.39 is 0 Å². The number of benzene rings is 1. The number of ether oxygens (including phenoxy) is 1. The molecule has 1 aromatic carbocycles. The van der Waals surface area contributed by atoms with Gasteiger partial charge < -0.3 is 15.4 Å². The zero-order valence-corrected chi connectivity index (χ0v) is 13.2. The maximum Gasteiger partial charge on any atom is 0.262 e. The molecule has 116 valence electrons. The van der Waals surface area contributed by atoms with Crippen LogP contribution in [0.2, 0.25) is 0 Å². The van der Waals surface area contributed by atoms with E-state index in [1.54, 1.807) is 0 Å². The lowest BCUT2D eigenvalue weighted by molar-refractivity contribution is -0.118. The molecule has 1 aromatic rings. The van der Waals surface area contributed by atoms with Crippen LogP contribution in [-0.4, -0.2) is 19.1 Å². The van der Waals surface area contributed by atoms with E-state index >= 15 is 0 Å². The second-order valence-corrected chi connectivity index (χ2v) is 6.16. The van der Waals surface area contributed by atoms with Crippen molar-refractivity contribution in [2.45, 2.75) is 46.1 Å². The Morgan fingerprint density at radius 3 is 2.86 bits per heavy atom. The van der Waals surface area contributed by atoms with Crippen molar-refractivity contribution in [1.82, 2.24) is 5.32 Å². The topological polar surface area (TPSA) is 50.4 Å². The summed E-state index contributed by atoms with van der Waals surface area (Å²) in [5, 5.41) is 6.39. The summed E-state index contributed by atoms with van der Waals surface area (Å²) in [7, 11) is 0.